The molecule has 2 rings (SSSR count). The lowest BCUT2D eigenvalue weighted by atomic mass is 10.2. The number of carbonyl (C=O) groups excluding carboxylic acids is 1. The summed E-state index contributed by atoms with van der Waals surface area (Å²) in [4.78, 5) is 10.9. The summed E-state index contributed by atoms with van der Waals surface area (Å²) in [6.45, 7) is 0.413. The van der Waals surface area contributed by atoms with E-state index in [1.165, 1.54) is 6.08 Å². The summed E-state index contributed by atoms with van der Waals surface area (Å²) in [5.41, 5.74) is 6.90. The Labute approximate surface area is 136 Å². The van der Waals surface area contributed by atoms with Crippen LogP contribution in [0.4, 0.5) is 0 Å². The monoisotopic (exact) mass is 365 g/mol. The van der Waals surface area contributed by atoms with Crippen molar-refractivity contribution in [3.05, 3.63) is 69.2 Å². The second-order valence-corrected chi connectivity index (χ2v) is 5.69. The van der Waals surface area contributed by atoms with Gasteiger partial charge in [0, 0.05) is 21.1 Å². The third kappa shape index (κ3) is 4.92. The number of hydrogen-bond donors (Lipinski definition) is 1. The quantitative estimate of drug-likeness (QED) is 0.807. The summed E-state index contributed by atoms with van der Waals surface area (Å²) in [5.74, 6) is 0.171. The first-order valence-corrected chi connectivity index (χ1v) is 7.36. The number of benzene rings is 2. The highest BCUT2D eigenvalue weighted by atomic mass is 79.9. The minimum atomic E-state index is -0.501. The molecule has 0 aromatic heterocycles. The number of amides is 1. The maximum absolute atomic E-state index is 10.9. The fraction of sp³-hybridized carbons (Fsp3) is 0.0625. The number of rotatable bonds is 5. The molecule has 0 bridgehead atoms. The van der Waals surface area contributed by atoms with Crippen LogP contribution in [0.25, 0.3) is 6.08 Å². The molecule has 1 amide bonds. The molecule has 0 heterocycles. The number of hydrogen-bond acceptors (Lipinski definition) is 2. The minimum Gasteiger partial charge on any atom is -0.488 e. The zero-order valence-electron chi connectivity index (χ0n) is 11.1. The van der Waals surface area contributed by atoms with Crippen molar-refractivity contribution in [2.75, 3.05) is 0 Å². The number of nitrogens with two attached hydrogens (primary N) is 1. The van der Waals surface area contributed by atoms with Crippen LogP contribution < -0.4 is 10.5 Å². The highest BCUT2D eigenvalue weighted by Crippen LogP contribution is 2.25. The van der Waals surface area contributed by atoms with Gasteiger partial charge in [0.05, 0.1) is 0 Å². The van der Waals surface area contributed by atoms with Crippen LogP contribution >= 0.6 is 27.5 Å². The van der Waals surface area contributed by atoms with Crippen molar-refractivity contribution in [1.82, 2.24) is 0 Å². The van der Waals surface area contributed by atoms with Gasteiger partial charge in [-0.3, -0.25) is 4.79 Å². The van der Waals surface area contributed by atoms with E-state index in [9.17, 15) is 4.79 Å². The molecule has 0 aliphatic carbocycles. The molecule has 2 aromatic rings. The molecule has 0 saturated carbocycles. The summed E-state index contributed by atoms with van der Waals surface area (Å²) >= 11 is 9.23. The van der Waals surface area contributed by atoms with Crippen molar-refractivity contribution in [2.45, 2.75) is 6.61 Å². The van der Waals surface area contributed by atoms with Crippen molar-refractivity contribution in [2.24, 2.45) is 5.73 Å². The van der Waals surface area contributed by atoms with Gasteiger partial charge in [0.2, 0.25) is 5.91 Å². The van der Waals surface area contributed by atoms with Crippen LogP contribution in [0.1, 0.15) is 11.1 Å². The van der Waals surface area contributed by atoms with Crippen LogP contribution in [-0.2, 0) is 11.4 Å². The first-order valence-electron chi connectivity index (χ1n) is 6.19. The number of halogens is 2. The van der Waals surface area contributed by atoms with Gasteiger partial charge in [-0.2, -0.15) is 0 Å². The first kappa shape index (κ1) is 15.6. The average molecular weight is 367 g/mol. The van der Waals surface area contributed by atoms with Crippen molar-refractivity contribution in [1.29, 1.82) is 0 Å². The molecule has 0 unspecified atom stereocenters. The van der Waals surface area contributed by atoms with Crippen LogP contribution in [-0.4, -0.2) is 5.91 Å². The Morgan fingerprint density at radius 2 is 1.95 bits per heavy atom. The minimum absolute atomic E-state index is 0.413. The Hall–Kier alpha value is -1.78. The summed E-state index contributed by atoms with van der Waals surface area (Å²) in [6.07, 6.45) is 2.93. The van der Waals surface area contributed by atoms with Crippen LogP contribution in [0, 0.1) is 0 Å². The third-order valence-corrected chi connectivity index (χ3v) is 3.45. The second kappa shape index (κ2) is 7.29. The molecular formula is C16H13BrClNO2. The van der Waals surface area contributed by atoms with E-state index in [1.54, 1.807) is 6.08 Å². The molecule has 0 aliphatic rings. The molecule has 2 aromatic carbocycles. The fourth-order valence-electron chi connectivity index (χ4n) is 1.69. The number of primary amides is 1. The number of ether oxygens (including phenoxy) is 1. The van der Waals surface area contributed by atoms with Crippen molar-refractivity contribution in [3.63, 3.8) is 0 Å². The molecule has 0 atom stereocenters. The van der Waals surface area contributed by atoms with E-state index >= 15 is 0 Å². The van der Waals surface area contributed by atoms with E-state index in [1.807, 2.05) is 42.5 Å². The van der Waals surface area contributed by atoms with Crippen LogP contribution in [0.2, 0.25) is 5.02 Å². The molecule has 3 nitrogen and oxygen atoms in total. The SMILES string of the molecule is NC(=O)C=Cc1cc(Br)ccc1OCc1ccc(Cl)cc1. The summed E-state index contributed by atoms with van der Waals surface area (Å²) in [7, 11) is 0. The first-order chi connectivity index (χ1) is 10.0. The lowest BCUT2D eigenvalue weighted by molar-refractivity contribution is -0.113. The Morgan fingerprint density at radius 3 is 2.62 bits per heavy atom. The van der Waals surface area contributed by atoms with Gasteiger partial charge in [0.1, 0.15) is 12.4 Å². The van der Waals surface area contributed by atoms with E-state index in [-0.39, 0.29) is 0 Å². The maximum atomic E-state index is 10.9. The lowest BCUT2D eigenvalue weighted by Gasteiger charge is -2.10. The molecule has 0 fully saturated rings. The molecule has 0 spiro atoms. The topological polar surface area (TPSA) is 52.3 Å². The fourth-order valence-corrected chi connectivity index (χ4v) is 2.20. The highest BCUT2D eigenvalue weighted by Gasteiger charge is 2.03. The molecule has 0 radical (unpaired) electrons. The van der Waals surface area contributed by atoms with Crippen molar-refractivity contribution >= 4 is 39.5 Å². The van der Waals surface area contributed by atoms with Crippen molar-refractivity contribution in [3.8, 4) is 5.75 Å². The van der Waals surface area contributed by atoms with Gasteiger partial charge in [-0.05, 0) is 42.0 Å². The van der Waals surface area contributed by atoms with Gasteiger partial charge < -0.3 is 10.5 Å². The van der Waals surface area contributed by atoms with E-state index in [0.717, 1.165) is 15.6 Å². The van der Waals surface area contributed by atoms with Gasteiger partial charge in [0.25, 0.3) is 0 Å². The standard InChI is InChI=1S/C16H13BrClNO2/c17-13-4-7-15(12(9-13)3-8-16(19)20)21-10-11-1-5-14(18)6-2-11/h1-9H,10H2,(H2,19,20). The smallest absolute Gasteiger partial charge is 0.241 e. The lowest BCUT2D eigenvalue weighted by Crippen LogP contribution is -2.05. The molecule has 108 valence electrons. The van der Waals surface area contributed by atoms with Gasteiger partial charge >= 0.3 is 0 Å². The van der Waals surface area contributed by atoms with E-state index < -0.39 is 5.91 Å². The normalized spacial score (nSPS) is 10.8. The molecule has 5 heteroatoms. The van der Waals surface area contributed by atoms with Crippen LogP contribution in [0.15, 0.2) is 53.0 Å². The Bertz CT molecular complexity index is 668. The Morgan fingerprint density at radius 1 is 1.24 bits per heavy atom. The zero-order valence-corrected chi connectivity index (χ0v) is 13.4. The number of carbonyl (C=O) groups is 1. The molecular weight excluding hydrogens is 354 g/mol. The van der Waals surface area contributed by atoms with Crippen LogP contribution in [0.3, 0.4) is 0 Å². The summed E-state index contributed by atoms with van der Waals surface area (Å²) in [5, 5.41) is 0.687. The Kier molecular flexibility index (Phi) is 5.42. The summed E-state index contributed by atoms with van der Waals surface area (Å²) < 4.78 is 6.68. The predicted molar refractivity (Wildman–Crippen MR) is 88.2 cm³/mol. The van der Waals surface area contributed by atoms with E-state index in [2.05, 4.69) is 15.9 Å². The zero-order chi connectivity index (χ0) is 15.2. The molecule has 0 aliphatic heterocycles. The van der Waals surface area contributed by atoms with Crippen LogP contribution in [0.5, 0.6) is 5.75 Å². The second-order valence-electron chi connectivity index (χ2n) is 4.33. The average Bonchev–Trinajstić information content (AvgIpc) is 2.45. The predicted octanol–water partition coefficient (Wildman–Crippen LogP) is 4.18. The molecule has 0 saturated heterocycles. The van der Waals surface area contributed by atoms with Gasteiger partial charge in [-0.15, -0.1) is 0 Å². The molecule has 2 N–H and O–H groups in total. The highest BCUT2D eigenvalue weighted by molar-refractivity contribution is 9.10. The van der Waals surface area contributed by atoms with Gasteiger partial charge in [-0.25, -0.2) is 0 Å². The maximum Gasteiger partial charge on any atom is 0.241 e. The van der Waals surface area contributed by atoms with Gasteiger partial charge in [-0.1, -0.05) is 39.7 Å². The van der Waals surface area contributed by atoms with E-state index in [0.29, 0.717) is 17.4 Å². The van der Waals surface area contributed by atoms with E-state index in [4.69, 9.17) is 22.1 Å². The van der Waals surface area contributed by atoms with Gasteiger partial charge in [0.15, 0.2) is 0 Å². The Balaban J connectivity index is 2.15. The summed E-state index contributed by atoms with van der Waals surface area (Å²) in [6, 6.07) is 13.0. The third-order valence-electron chi connectivity index (χ3n) is 2.71. The molecule has 21 heavy (non-hydrogen) atoms. The van der Waals surface area contributed by atoms with Crippen molar-refractivity contribution < 1.29 is 9.53 Å². The largest absolute Gasteiger partial charge is 0.488 e.